The minimum atomic E-state index is -0.656. The van der Waals surface area contributed by atoms with Crippen LogP contribution in [0.25, 0.3) is 0 Å². The fourth-order valence-corrected chi connectivity index (χ4v) is 8.12. The first kappa shape index (κ1) is 54.1. The summed E-state index contributed by atoms with van der Waals surface area (Å²) in [7, 11) is 0. The van der Waals surface area contributed by atoms with E-state index in [1.54, 1.807) is 0 Å². The lowest BCUT2D eigenvalue weighted by Gasteiger charge is -2.22. The van der Waals surface area contributed by atoms with Crippen molar-refractivity contribution in [3.63, 3.8) is 0 Å². The van der Waals surface area contributed by atoms with Gasteiger partial charge >= 0.3 is 0 Å². The number of aliphatic hydroxyl groups is 2. The van der Waals surface area contributed by atoms with E-state index >= 15 is 0 Å². The number of amides is 1. The maximum atomic E-state index is 12.4. The average molecular weight is 776 g/mol. The number of rotatable bonds is 47. The van der Waals surface area contributed by atoms with E-state index in [1.165, 1.54) is 238 Å². The third kappa shape index (κ3) is 44.1. The molecule has 0 heterocycles. The molecule has 0 bridgehead atoms. The van der Waals surface area contributed by atoms with Crippen LogP contribution in [0.4, 0.5) is 0 Å². The maximum absolute atomic E-state index is 12.4. The van der Waals surface area contributed by atoms with Gasteiger partial charge in [-0.3, -0.25) is 4.79 Å². The Hall–Kier alpha value is -0.870. The van der Waals surface area contributed by atoms with Crippen molar-refractivity contribution >= 4 is 5.91 Å². The first-order valence-corrected chi connectivity index (χ1v) is 25.4. The summed E-state index contributed by atoms with van der Waals surface area (Å²) in [4.78, 5) is 12.4. The number of aliphatic hydroxyl groups excluding tert-OH is 2. The molecule has 0 radical (unpaired) electrons. The SMILES string of the molecule is CCCCCCCCCCCCCC/C=C\CCCCCCCCCCCCCCC(=O)NC(CO)C(O)CCCCCCCCCCCCCCCCC. The molecular formula is C51H101NO3. The van der Waals surface area contributed by atoms with Crippen LogP contribution in [0, 0.1) is 0 Å². The lowest BCUT2D eigenvalue weighted by atomic mass is 10.0. The van der Waals surface area contributed by atoms with E-state index in [-0.39, 0.29) is 12.5 Å². The molecule has 0 spiro atoms. The van der Waals surface area contributed by atoms with Crippen LogP contribution < -0.4 is 5.32 Å². The topological polar surface area (TPSA) is 69.6 Å². The second kappa shape index (κ2) is 47.5. The van der Waals surface area contributed by atoms with Gasteiger partial charge in [0.1, 0.15) is 0 Å². The lowest BCUT2D eigenvalue weighted by molar-refractivity contribution is -0.123. The molecule has 0 aliphatic carbocycles. The summed E-state index contributed by atoms with van der Waals surface area (Å²) in [5.74, 6) is -0.0274. The van der Waals surface area contributed by atoms with Crippen LogP contribution >= 0.6 is 0 Å². The quantitative estimate of drug-likeness (QED) is 0.0426. The first-order chi connectivity index (χ1) is 27.2. The highest BCUT2D eigenvalue weighted by Gasteiger charge is 2.20. The molecular weight excluding hydrogens is 675 g/mol. The number of allylic oxidation sites excluding steroid dienone is 2. The molecule has 1 amide bonds. The molecule has 0 aromatic heterocycles. The highest BCUT2D eigenvalue weighted by molar-refractivity contribution is 5.76. The van der Waals surface area contributed by atoms with Gasteiger partial charge in [-0.05, 0) is 38.5 Å². The first-order valence-electron chi connectivity index (χ1n) is 25.4. The fraction of sp³-hybridized carbons (Fsp3) is 0.941. The maximum Gasteiger partial charge on any atom is 0.220 e. The molecule has 0 aromatic rings. The van der Waals surface area contributed by atoms with Gasteiger partial charge in [-0.1, -0.05) is 257 Å². The minimum absolute atomic E-state index is 0.0274. The Kier molecular flexibility index (Phi) is 46.8. The van der Waals surface area contributed by atoms with Gasteiger partial charge in [0.05, 0.1) is 18.8 Å². The van der Waals surface area contributed by atoms with E-state index in [0.717, 1.165) is 25.7 Å². The average Bonchev–Trinajstić information content (AvgIpc) is 3.19. The van der Waals surface area contributed by atoms with Crippen LogP contribution in [0.15, 0.2) is 12.2 Å². The molecule has 0 saturated heterocycles. The van der Waals surface area contributed by atoms with Crippen LogP contribution in [0.2, 0.25) is 0 Å². The summed E-state index contributed by atoms with van der Waals surface area (Å²) in [5, 5.41) is 23.2. The van der Waals surface area contributed by atoms with Crippen molar-refractivity contribution in [1.82, 2.24) is 5.32 Å². The van der Waals surface area contributed by atoms with Crippen molar-refractivity contribution in [2.75, 3.05) is 6.61 Å². The zero-order chi connectivity index (χ0) is 40.0. The normalized spacial score (nSPS) is 12.9. The molecule has 3 N–H and O–H groups in total. The predicted octanol–water partition coefficient (Wildman–Crippen LogP) is 16.2. The predicted molar refractivity (Wildman–Crippen MR) is 244 cm³/mol. The number of nitrogens with one attached hydrogen (secondary N) is 1. The van der Waals surface area contributed by atoms with E-state index in [0.29, 0.717) is 12.8 Å². The van der Waals surface area contributed by atoms with Gasteiger partial charge in [-0.2, -0.15) is 0 Å². The van der Waals surface area contributed by atoms with Gasteiger partial charge in [0, 0.05) is 6.42 Å². The molecule has 4 nitrogen and oxygen atoms in total. The summed E-state index contributed by atoms with van der Waals surface area (Å²) in [6.07, 6.45) is 60.3. The van der Waals surface area contributed by atoms with Crippen molar-refractivity contribution in [1.29, 1.82) is 0 Å². The van der Waals surface area contributed by atoms with Gasteiger partial charge in [0.2, 0.25) is 5.91 Å². The lowest BCUT2D eigenvalue weighted by Crippen LogP contribution is -2.45. The van der Waals surface area contributed by atoms with Crippen LogP contribution in [-0.2, 0) is 4.79 Å². The summed E-state index contributed by atoms with van der Waals surface area (Å²) in [5.41, 5.74) is 0. The Balaban J connectivity index is 3.43. The molecule has 55 heavy (non-hydrogen) atoms. The molecule has 4 heteroatoms. The highest BCUT2D eigenvalue weighted by atomic mass is 16.3. The summed E-state index contributed by atoms with van der Waals surface area (Å²) < 4.78 is 0. The molecule has 2 atom stereocenters. The number of hydrogen-bond acceptors (Lipinski definition) is 3. The highest BCUT2D eigenvalue weighted by Crippen LogP contribution is 2.17. The molecule has 0 fully saturated rings. The van der Waals surface area contributed by atoms with Gasteiger partial charge in [0.25, 0.3) is 0 Å². The second-order valence-electron chi connectivity index (χ2n) is 17.6. The number of carbonyl (C=O) groups is 1. The largest absolute Gasteiger partial charge is 0.394 e. The Morgan fingerprint density at radius 2 is 0.691 bits per heavy atom. The minimum Gasteiger partial charge on any atom is -0.394 e. The Labute approximate surface area is 346 Å². The molecule has 2 unspecified atom stereocenters. The van der Waals surface area contributed by atoms with E-state index in [9.17, 15) is 15.0 Å². The van der Waals surface area contributed by atoms with Gasteiger partial charge in [-0.15, -0.1) is 0 Å². The van der Waals surface area contributed by atoms with Crippen molar-refractivity contribution in [2.24, 2.45) is 0 Å². The van der Waals surface area contributed by atoms with Crippen molar-refractivity contribution in [3.8, 4) is 0 Å². The van der Waals surface area contributed by atoms with E-state index in [4.69, 9.17) is 0 Å². The number of carbonyl (C=O) groups excluding carboxylic acids is 1. The van der Waals surface area contributed by atoms with Crippen molar-refractivity contribution < 1.29 is 15.0 Å². The molecule has 0 rings (SSSR count). The molecule has 0 aromatic carbocycles. The summed E-state index contributed by atoms with van der Waals surface area (Å²) in [6, 6.07) is -0.533. The Bertz CT molecular complexity index is 754. The van der Waals surface area contributed by atoms with Crippen molar-refractivity contribution in [3.05, 3.63) is 12.2 Å². The standard InChI is InChI=1S/C51H101NO3/c1-3-5-7-9-11-13-15-17-19-20-21-22-23-24-25-26-27-28-29-30-31-33-35-37-39-41-43-45-47-51(55)52-49(48-53)50(54)46-44-42-40-38-36-34-32-18-16-14-12-10-8-6-4-2/h24-25,49-50,53-54H,3-23,26-48H2,1-2H3,(H,52,55)/b25-24-. The van der Waals surface area contributed by atoms with E-state index in [2.05, 4.69) is 31.3 Å². The van der Waals surface area contributed by atoms with Gasteiger partial charge in [-0.25, -0.2) is 0 Å². The molecule has 0 saturated carbocycles. The van der Waals surface area contributed by atoms with E-state index in [1.807, 2.05) is 0 Å². The molecule has 0 aliphatic rings. The van der Waals surface area contributed by atoms with Crippen LogP contribution in [0.3, 0.4) is 0 Å². The molecule has 0 aliphatic heterocycles. The smallest absolute Gasteiger partial charge is 0.220 e. The Morgan fingerprint density at radius 3 is 1.00 bits per heavy atom. The monoisotopic (exact) mass is 776 g/mol. The number of hydrogen-bond donors (Lipinski definition) is 3. The van der Waals surface area contributed by atoms with Crippen LogP contribution in [0.1, 0.15) is 290 Å². The Morgan fingerprint density at radius 1 is 0.418 bits per heavy atom. The van der Waals surface area contributed by atoms with E-state index < -0.39 is 12.1 Å². The van der Waals surface area contributed by atoms with Gasteiger partial charge in [0.15, 0.2) is 0 Å². The summed E-state index contributed by atoms with van der Waals surface area (Å²) in [6.45, 7) is 4.39. The van der Waals surface area contributed by atoms with Crippen LogP contribution in [-0.4, -0.2) is 34.9 Å². The third-order valence-electron chi connectivity index (χ3n) is 12.0. The summed E-state index contributed by atoms with van der Waals surface area (Å²) >= 11 is 0. The fourth-order valence-electron chi connectivity index (χ4n) is 8.12. The zero-order valence-electron chi connectivity index (χ0n) is 37.7. The zero-order valence-corrected chi connectivity index (χ0v) is 37.7. The number of unbranched alkanes of at least 4 members (excludes halogenated alkanes) is 38. The second-order valence-corrected chi connectivity index (χ2v) is 17.6. The van der Waals surface area contributed by atoms with Crippen molar-refractivity contribution in [2.45, 2.75) is 302 Å². The third-order valence-corrected chi connectivity index (χ3v) is 12.0. The molecule has 328 valence electrons. The van der Waals surface area contributed by atoms with Gasteiger partial charge < -0.3 is 15.5 Å². The van der Waals surface area contributed by atoms with Crippen LogP contribution in [0.5, 0.6) is 0 Å².